The van der Waals surface area contributed by atoms with Crippen molar-refractivity contribution in [2.24, 2.45) is 17.8 Å². The van der Waals surface area contributed by atoms with Gasteiger partial charge in [0.2, 0.25) is 11.8 Å². The summed E-state index contributed by atoms with van der Waals surface area (Å²) in [6.07, 6.45) is 4.81. The monoisotopic (exact) mass is 357 g/mol. The van der Waals surface area contributed by atoms with Gasteiger partial charge >= 0.3 is 0 Å². The predicted molar refractivity (Wildman–Crippen MR) is 108 cm³/mol. The smallest absolute Gasteiger partial charge is 0.238 e. The molecule has 1 heterocycles. The molecule has 1 fully saturated rings. The summed E-state index contributed by atoms with van der Waals surface area (Å²) in [7, 11) is 0. The number of rotatable bonds is 3. The topological polar surface area (TPSA) is 37.4 Å². The largest absolute Gasteiger partial charge is 0.274 e. The van der Waals surface area contributed by atoms with Gasteiger partial charge in [-0.15, -0.1) is 0 Å². The Kier molecular flexibility index (Phi) is 4.53. The van der Waals surface area contributed by atoms with Crippen LogP contribution in [0, 0.1) is 17.8 Å². The van der Waals surface area contributed by atoms with E-state index >= 15 is 0 Å². The zero-order chi connectivity index (χ0) is 19.0. The highest BCUT2D eigenvalue weighted by molar-refractivity contribution is 6.22. The van der Waals surface area contributed by atoms with Crippen LogP contribution in [0.3, 0.4) is 0 Å². The fraction of sp³-hybridized carbons (Fsp3) is 0.250. The lowest BCUT2D eigenvalue weighted by Gasteiger charge is -2.29. The number of fused-ring (bicyclic) bond motifs is 1. The summed E-state index contributed by atoms with van der Waals surface area (Å²) in [6, 6.07) is 19.4. The van der Waals surface area contributed by atoms with E-state index in [9.17, 15) is 9.59 Å². The molecule has 3 unspecified atom stereocenters. The lowest BCUT2D eigenvalue weighted by atomic mass is 9.71. The predicted octanol–water partition coefficient (Wildman–Crippen LogP) is 4.86. The van der Waals surface area contributed by atoms with E-state index in [-0.39, 0.29) is 29.6 Å². The molecule has 0 aromatic heterocycles. The molecule has 136 valence electrons. The first-order chi connectivity index (χ1) is 13.1. The number of amides is 2. The van der Waals surface area contributed by atoms with Crippen molar-refractivity contribution in [3.63, 3.8) is 0 Å². The van der Waals surface area contributed by atoms with Crippen LogP contribution in [0.1, 0.15) is 25.8 Å². The number of carbonyl (C=O) groups is 2. The van der Waals surface area contributed by atoms with E-state index in [1.54, 1.807) is 0 Å². The summed E-state index contributed by atoms with van der Waals surface area (Å²) in [5.74, 6) is -0.869. The Morgan fingerprint density at radius 1 is 0.889 bits per heavy atom. The molecule has 1 saturated heterocycles. The summed E-state index contributed by atoms with van der Waals surface area (Å²) in [4.78, 5) is 27.8. The van der Waals surface area contributed by atoms with Gasteiger partial charge in [-0.2, -0.15) is 0 Å². The third-order valence-corrected chi connectivity index (χ3v) is 5.57. The number of benzene rings is 2. The van der Waals surface area contributed by atoms with E-state index in [0.29, 0.717) is 12.1 Å². The van der Waals surface area contributed by atoms with Crippen LogP contribution in [0.25, 0.3) is 5.57 Å². The molecule has 2 aromatic carbocycles. The number of para-hydroxylation sites is 1. The maximum absolute atomic E-state index is 13.4. The standard InChI is InChI=1S/C24H23NO2/c1-16(2)21(17-10-5-3-6-11-17)19-14-9-15-20-22(19)24(27)25(23(20)26)18-12-7-4-8-13-18/h3-14,19-20,22H,15H2,1-2H3. The minimum atomic E-state index is -0.340. The lowest BCUT2D eigenvalue weighted by Crippen LogP contribution is -2.32. The molecule has 1 aliphatic carbocycles. The zero-order valence-electron chi connectivity index (χ0n) is 15.6. The van der Waals surface area contributed by atoms with E-state index in [2.05, 4.69) is 38.1 Å². The minimum Gasteiger partial charge on any atom is -0.274 e. The van der Waals surface area contributed by atoms with Crippen LogP contribution in [0.5, 0.6) is 0 Å². The molecule has 4 rings (SSSR count). The van der Waals surface area contributed by atoms with Crippen molar-refractivity contribution in [2.75, 3.05) is 4.90 Å². The Balaban J connectivity index is 1.77. The van der Waals surface area contributed by atoms with Gasteiger partial charge in [0.15, 0.2) is 0 Å². The molecule has 3 atom stereocenters. The van der Waals surface area contributed by atoms with Crippen LogP contribution in [-0.2, 0) is 9.59 Å². The highest BCUT2D eigenvalue weighted by atomic mass is 16.2. The summed E-state index contributed by atoms with van der Waals surface area (Å²) in [6.45, 7) is 4.16. The Morgan fingerprint density at radius 2 is 1.52 bits per heavy atom. The van der Waals surface area contributed by atoms with E-state index in [1.165, 1.54) is 10.5 Å². The van der Waals surface area contributed by atoms with E-state index in [1.807, 2.05) is 48.5 Å². The van der Waals surface area contributed by atoms with Crippen molar-refractivity contribution in [3.05, 3.63) is 84.0 Å². The Bertz CT molecular complexity index is 923. The molecular weight excluding hydrogens is 334 g/mol. The van der Waals surface area contributed by atoms with Crippen molar-refractivity contribution < 1.29 is 9.59 Å². The van der Waals surface area contributed by atoms with Gasteiger partial charge in [-0.3, -0.25) is 14.5 Å². The fourth-order valence-electron chi connectivity index (χ4n) is 4.43. The summed E-state index contributed by atoms with van der Waals surface area (Å²) in [5.41, 5.74) is 4.11. The van der Waals surface area contributed by atoms with Crippen LogP contribution < -0.4 is 4.90 Å². The molecule has 1 aliphatic heterocycles. The Labute approximate surface area is 160 Å². The number of imide groups is 1. The maximum Gasteiger partial charge on any atom is 0.238 e. The van der Waals surface area contributed by atoms with E-state index in [0.717, 1.165) is 11.1 Å². The van der Waals surface area contributed by atoms with E-state index in [4.69, 9.17) is 0 Å². The van der Waals surface area contributed by atoms with Gasteiger partial charge < -0.3 is 0 Å². The van der Waals surface area contributed by atoms with Gasteiger partial charge in [0.1, 0.15) is 0 Å². The third-order valence-electron chi connectivity index (χ3n) is 5.57. The number of anilines is 1. The first-order valence-corrected chi connectivity index (χ1v) is 9.42. The highest BCUT2D eigenvalue weighted by Gasteiger charge is 2.52. The SMILES string of the molecule is CC(C)=C(c1ccccc1)C1C=CCC2C(=O)N(c3ccccc3)C(=O)C12. The van der Waals surface area contributed by atoms with E-state index < -0.39 is 0 Å². The summed E-state index contributed by atoms with van der Waals surface area (Å²) in [5, 5.41) is 0. The molecular formula is C24H23NO2. The molecule has 0 saturated carbocycles. The van der Waals surface area contributed by atoms with Crippen molar-refractivity contribution in [2.45, 2.75) is 20.3 Å². The van der Waals surface area contributed by atoms with Crippen molar-refractivity contribution in [1.29, 1.82) is 0 Å². The molecule has 2 aromatic rings. The second-order valence-electron chi connectivity index (χ2n) is 7.45. The van der Waals surface area contributed by atoms with Crippen LogP contribution >= 0.6 is 0 Å². The average Bonchev–Trinajstić information content (AvgIpc) is 2.94. The second kappa shape index (κ2) is 6.99. The number of allylic oxidation sites excluding steroid dienone is 4. The molecule has 3 heteroatoms. The fourth-order valence-corrected chi connectivity index (χ4v) is 4.43. The van der Waals surface area contributed by atoms with Gasteiger partial charge in [-0.05, 0) is 43.5 Å². The van der Waals surface area contributed by atoms with Crippen LogP contribution in [-0.4, -0.2) is 11.8 Å². The summed E-state index contributed by atoms with van der Waals surface area (Å²) >= 11 is 0. The number of hydrogen-bond donors (Lipinski definition) is 0. The zero-order valence-corrected chi connectivity index (χ0v) is 15.6. The maximum atomic E-state index is 13.4. The third kappa shape index (κ3) is 2.93. The van der Waals surface area contributed by atoms with Gasteiger partial charge in [-0.25, -0.2) is 0 Å². The minimum absolute atomic E-state index is 0.0771. The first kappa shape index (κ1) is 17.5. The molecule has 0 N–H and O–H groups in total. The van der Waals surface area contributed by atoms with Gasteiger partial charge in [-0.1, -0.05) is 66.3 Å². The molecule has 27 heavy (non-hydrogen) atoms. The molecule has 3 nitrogen and oxygen atoms in total. The van der Waals surface area contributed by atoms with Gasteiger partial charge in [0.05, 0.1) is 17.5 Å². The summed E-state index contributed by atoms with van der Waals surface area (Å²) < 4.78 is 0. The van der Waals surface area contributed by atoms with Crippen LogP contribution in [0.2, 0.25) is 0 Å². The number of nitrogens with zero attached hydrogens (tertiary/aromatic N) is 1. The van der Waals surface area contributed by atoms with Crippen molar-refractivity contribution >= 4 is 23.1 Å². The lowest BCUT2D eigenvalue weighted by molar-refractivity contribution is -0.122. The van der Waals surface area contributed by atoms with Crippen molar-refractivity contribution in [3.8, 4) is 0 Å². The number of carbonyl (C=O) groups excluding carboxylic acids is 2. The van der Waals surface area contributed by atoms with Crippen LogP contribution in [0.4, 0.5) is 5.69 Å². The molecule has 0 spiro atoms. The normalized spacial score (nSPS) is 24.1. The number of hydrogen-bond acceptors (Lipinski definition) is 2. The highest BCUT2D eigenvalue weighted by Crippen LogP contribution is 2.46. The Morgan fingerprint density at radius 3 is 2.15 bits per heavy atom. The van der Waals surface area contributed by atoms with Crippen molar-refractivity contribution in [1.82, 2.24) is 0 Å². The van der Waals surface area contributed by atoms with Gasteiger partial charge in [0, 0.05) is 5.92 Å². The second-order valence-corrected chi connectivity index (χ2v) is 7.45. The average molecular weight is 357 g/mol. The molecule has 2 amide bonds. The Hall–Kier alpha value is -2.94. The van der Waals surface area contributed by atoms with Crippen LogP contribution in [0.15, 0.2) is 78.4 Å². The first-order valence-electron chi connectivity index (χ1n) is 9.42. The molecule has 2 aliphatic rings. The molecule has 0 radical (unpaired) electrons. The quantitative estimate of drug-likeness (QED) is 0.581. The van der Waals surface area contributed by atoms with Gasteiger partial charge in [0.25, 0.3) is 0 Å². The molecule has 0 bridgehead atoms.